The van der Waals surface area contributed by atoms with Crippen molar-refractivity contribution in [1.29, 1.82) is 0 Å². The maximum absolute atomic E-state index is 13.7. The molecule has 3 aromatic rings. The van der Waals surface area contributed by atoms with E-state index in [0.717, 1.165) is 41.4 Å². The summed E-state index contributed by atoms with van der Waals surface area (Å²) in [5.74, 6) is 2.53. The Labute approximate surface area is 264 Å². The van der Waals surface area contributed by atoms with Crippen molar-refractivity contribution >= 4 is 68.7 Å². The first-order chi connectivity index (χ1) is 21.3. The van der Waals surface area contributed by atoms with Crippen molar-refractivity contribution in [2.75, 3.05) is 12.1 Å². The van der Waals surface area contributed by atoms with Crippen LogP contribution in [0.4, 0.5) is 5.69 Å². The fourth-order valence-electron chi connectivity index (χ4n) is 8.47. The lowest BCUT2D eigenvalue weighted by molar-refractivity contribution is -0.152. The number of nitrogens with zero attached hydrogens (tertiary/aromatic N) is 2. The quantitative estimate of drug-likeness (QED) is 0.264. The van der Waals surface area contributed by atoms with Crippen LogP contribution in [0.5, 0.6) is 11.5 Å². The highest BCUT2D eigenvalue weighted by Crippen LogP contribution is 2.60. The van der Waals surface area contributed by atoms with Crippen LogP contribution in [0.25, 0.3) is 17.0 Å². The SMILES string of the molecule is Cc1c(/C=C2\SC(=S)N(NC(=O)C34CC5CC(CC(C5)C3)C4)C2=O)c2ccccc2n1CC(=O)Nc1ccc2c(c1)OCO2. The number of amides is 3. The van der Waals surface area contributed by atoms with Gasteiger partial charge in [-0.15, -0.1) is 0 Å². The minimum absolute atomic E-state index is 0.0598. The van der Waals surface area contributed by atoms with Crippen molar-refractivity contribution in [3.63, 3.8) is 0 Å². The largest absolute Gasteiger partial charge is 0.454 e. The van der Waals surface area contributed by atoms with Gasteiger partial charge in [0.05, 0.1) is 10.3 Å². The number of anilines is 1. The monoisotopic (exact) mass is 628 g/mol. The number of carbonyl (C=O) groups excluding carboxylic acids is 3. The average molecular weight is 629 g/mol. The number of hydrogen-bond donors (Lipinski definition) is 2. The van der Waals surface area contributed by atoms with Crippen LogP contribution in [-0.2, 0) is 20.9 Å². The maximum atomic E-state index is 13.7. The van der Waals surface area contributed by atoms with Crippen molar-refractivity contribution in [1.82, 2.24) is 15.0 Å². The first-order valence-electron chi connectivity index (χ1n) is 15.1. The van der Waals surface area contributed by atoms with E-state index in [0.29, 0.717) is 44.2 Å². The van der Waals surface area contributed by atoms with E-state index in [-0.39, 0.29) is 36.5 Å². The van der Waals surface area contributed by atoms with Crippen molar-refractivity contribution in [3.05, 3.63) is 58.6 Å². The summed E-state index contributed by atoms with van der Waals surface area (Å²) in [7, 11) is 0. The third kappa shape index (κ3) is 4.59. The molecule has 2 aromatic carbocycles. The molecule has 0 atom stereocenters. The summed E-state index contributed by atoms with van der Waals surface area (Å²) < 4.78 is 13.1. The molecule has 0 spiro atoms. The molecule has 44 heavy (non-hydrogen) atoms. The molecule has 226 valence electrons. The predicted octanol–water partition coefficient (Wildman–Crippen LogP) is 5.77. The standard InChI is InChI=1S/C33H32N4O5S2/c1-18-24(23-4-2-3-5-25(23)36(18)16-29(38)34-22-6-7-26-27(11-22)42-17-41-26)12-28-30(39)37(32(43)44-28)35-31(40)33-13-19-8-20(14-33)10-21(9-19)15-33/h2-7,11-12,19-21H,8-10,13-17H2,1H3,(H,34,38)(H,35,40)/b28-12-. The highest BCUT2D eigenvalue weighted by atomic mass is 32.2. The second-order valence-electron chi connectivity index (χ2n) is 12.9. The molecule has 2 aliphatic heterocycles. The molecule has 1 saturated heterocycles. The normalized spacial score (nSPS) is 27.5. The second-order valence-corrected chi connectivity index (χ2v) is 14.6. The molecule has 0 radical (unpaired) electrons. The Balaban J connectivity index is 1.03. The molecule has 9 rings (SSSR count). The molecule has 2 N–H and O–H groups in total. The minimum atomic E-state index is -0.382. The number of aromatic nitrogens is 1. The average Bonchev–Trinajstić information content (AvgIpc) is 3.64. The number of carbonyl (C=O) groups is 3. The maximum Gasteiger partial charge on any atom is 0.285 e. The van der Waals surface area contributed by atoms with Gasteiger partial charge in [-0.25, -0.2) is 0 Å². The van der Waals surface area contributed by atoms with E-state index < -0.39 is 0 Å². The predicted molar refractivity (Wildman–Crippen MR) is 172 cm³/mol. The van der Waals surface area contributed by atoms with E-state index in [1.54, 1.807) is 18.2 Å². The van der Waals surface area contributed by atoms with Gasteiger partial charge in [0.1, 0.15) is 6.54 Å². The van der Waals surface area contributed by atoms with Crippen LogP contribution in [0.2, 0.25) is 0 Å². The highest BCUT2D eigenvalue weighted by Gasteiger charge is 2.55. The van der Waals surface area contributed by atoms with Crippen molar-refractivity contribution in [2.45, 2.75) is 52.0 Å². The third-order valence-electron chi connectivity index (χ3n) is 10.0. The number of fused-ring (bicyclic) bond motifs is 2. The number of nitrogens with one attached hydrogen (secondary N) is 2. The van der Waals surface area contributed by atoms with Gasteiger partial charge >= 0.3 is 0 Å². The summed E-state index contributed by atoms with van der Waals surface area (Å²) in [5.41, 5.74) is 5.73. The molecule has 5 fully saturated rings. The molecule has 3 amide bonds. The Kier molecular flexibility index (Phi) is 6.53. The summed E-state index contributed by atoms with van der Waals surface area (Å²) in [5, 5.41) is 5.13. The lowest BCUT2D eigenvalue weighted by Gasteiger charge is -2.55. The summed E-state index contributed by atoms with van der Waals surface area (Å²) in [4.78, 5) is 40.9. The second kappa shape index (κ2) is 10.4. The van der Waals surface area contributed by atoms with Gasteiger partial charge in [0.15, 0.2) is 15.8 Å². The Morgan fingerprint density at radius 3 is 2.50 bits per heavy atom. The number of thiocarbonyl (C=S) groups is 1. The number of ether oxygens (including phenoxy) is 2. The lowest BCUT2D eigenvalue weighted by Crippen LogP contribution is -2.57. The van der Waals surface area contributed by atoms with Gasteiger partial charge in [-0.3, -0.25) is 19.8 Å². The van der Waals surface area contributed by atoms with Crippen LogP contribution in [-0.4, -0.2) is 38.4 Å². The molecule has 1 aromatic heterocycles. The van der Waals surface area contributed by atoms with Gasteiger partial charge < -0.3 is 19.4 Å². The van der Waals surface area contributed by atoms with Gasteiger partial charge in [-0.1, -0.05) is 30.0 Å². The molecule has 6 aliphatic rings. The number of thioether (sulfide) groups is 1. The number of hydrazine groups is 1. The molecular weight excluding hydrogens is 597 g/mol. The molecule has 4 bridgehead atoms. The van der Waals surface area contributed by atoms with Crippen molar-refractivity contribution in [2.24, 2.45) is 23.2 Å². The van der Waals surface area contributed by atoms with Crippen LogP contribution in [0, 0.1) is 30.1 Å². The zero-order valence-electron chi connectivity index (χ0n) is 24.3. The Bertz CT molecular complexity index is 1760. The van der Waals surface area contributed by atoms with E-state index in [1.165, 1.54) is 36.0 Å². The summed E-state index contributed by atoms with van der Waals surface area (Å²) in [6, 6.07) is 13.1. The van der Waals surface area contributed by atoms with Crippen LogP contribution >= 0.6 is 24.0 Å². The van der Waals surface area contributed by atoms with E-state index >= 15 is 0 Å². The number of benzene rings is 2. The zero-order chi connectivity index (χ0) is 30.2. The van der Waals surface area contributed by atoms with Gasteiger partial charge in [0.25, 0.3) is 5.91 Å². The first-order valence-corrected chi connectivity index (χ1v) is 16.4. The first kappa shape index (κ1) is 27.7. The van der Waals surface area contributed by atoms with E-state index in [9.17, 15) is 14.4 Å². The fourth-order valence-corrected chi connectivity index (χ4v) is 9.63. The molecule has 3 heterocycles. The lowest BCUT2D eigenvalue weighted by atomic mass is 9.49. The smallest absolute Gasteiger partial charge is 0.285 e. The van der Waals surface area contributed by atoms with Gasteiger partial charge in [-0.05, 0) is 99.7 Å². The van der Waals surface area contributed by atoms with Crippen LogP contribution in [0.3, 0.4) is 0 Å². The summed E-state index contributed by atoms with van der Waals surface area (Å²) >= 11 is 6.78. The van der Waals surface area contributed by atoms with Crippen LogP contribution in [0.15, 0.2) is 47.4 Å². The third-order valence-corrected chi connectivity index (χ3v) is 11.3. The molecule has 11 heteroatoms. The van der Waals surface area contributed by atoms with Crippen LogP contribution in [0.1, 0.15) is 49.8 Å². The molecule has 4 aliphatic carbocycles. The van der Waals surface area contributed by atoms with Gasteiger partial charge in [0.2, 0.25) is 18.6 Å². The van der Waals surface area contributed by atoms with E-state index in [4.69, 9.17) is 21.7 Å². The number of para-hydroxylation sites is 1. The topological polar surface area (TPSA) is 102 Å². The number of rotatable bonds is 6. The zero-order valence-corrected chi connectivity index (χ0v) is 25.9. The number of hydrogen-bond acceptors (Lipinski definition) is 7. The fraction of sp³-hybridized carbons (Fsp3) is 0.394. The molecule has 9 nitrogen and oxygen atoms in total. The molecular formula is C33H32N4O5S2. The van der Waals surface area contributed by atoms with Crippen molar-refractivity contribution in [3.8, 4) is 11.5 Å². The van der Waals surface area contributed by atoms with E-state index in [2.05, 4.69) is 10.7 Å². The van der Waals surface area contributed by atoms with E-state index in [1.807, 2.05) is 41.8 Å². The van der Waals surface area contributed by atoms with Gasteiger partial charge in [0, 0.05) is 33.9 Å². The Morgan fingerprint density at radius 1 is 1.05 bits per heavy atom. The minimum Gasteiger partial charge on any atom is -0.454 e. The molecule has 0 unspecified atom stereocenters. The Morgan fingerprint density at radius 2 is 1.75 bits per heavy atom. The van der Waals surface area contributed by atoms with Gasteiger partial charge in [-0.2, -0.15) is 5.01 Å². The Hall–Kier alpha value is -3.83. The van der Waals surface area contributed by atoms with Crippen molar-refractivity contribution < 1.29 is 23.9 Å². The van der Waals surface area contributed by atoms with Crippen LogP contribution < -0.4 is 20.2 Å². The summed E-state index contributed by atoms with van der Waals surface area (Å²) in [6.07, 6.45) is 8.29. The highest BCUT2D eigenvalue weighted by molar-refractivity contribution is 8.26. The molecule has 4 saturated carbocycles. The summed E-state index contributed by atoms with van der Waals surface area (Å²) in [6.45, 7) is 2.18.